The van der Waals surface area contributed by atoms with E-state index in [0.29, 0.717) is 27.9 Å². The SMILES string of the molecule is COc1ccc2c(c1)c(C(=O)c1nnc(-c3ccccc3)s1)c(C)n2Cc1ccc(Cl)cc1. The monoisotopic (exact) mass is 473 g/mol. The molecule has 0 aliphatic heterocycles. The third kappa shape index (κ3) is 4.03. The zero-order valence-electron chi connectivity index (χ0n) is 18.1. The van der Waals surface area contributed by atoms with Gasteiger partial charge in [-0.25, -0.2) is 0 Å². The number of ketones is 1. The molecule has 0 saturated carbocycles. The van der Waals surface area contributed by atoms with Crippen LogP contribution in [0.4, 0.5) is 0 Å². The van der Waals surface area contributed by atoms with Crippen molar-refractivity contribution >= 4 is 39.6 Å². The molecule has 0 fully saturated rings. The molecule has 5 aromatic rings. The fourth-order valence-corrected chi connectivity index (χ4v) is 4.89. The molecule has 2 aromatic heterocycles. The summed E-state index contributed by atoms with van der Waals surface area (Å²) < 4.78 is 7.59. The summed E-state index contributed by atoms with van der Waals surface area (Å²) in [6, 6.07) is 23.3. The van der Waals surface area contributed by atoms with Crippen LogP contribution in [0.5, 0.6) is 5.75 Å². The number of benzene rings is 3. The fourth-order valence-electron chi connectivity index (χ4n) is 3.97. The van der Waals surface area contributed by atoms with Gasteiger partial charge in [0.1, 0.15) is 10.8 Å². The third-order valence-electron chi connectivity index (χ3n) is 5.65. The molecule has 0 aliphatic carbocycles. The largest absolute Gasteiger partial charge is 0.497 e. The summed E-state index contributed by atoms with van der Waals surface area (Å²) in [7, 11) is 1.62. The van der Waals surface area contributed by atoms with Gasteiger partial charge in [-0.05, 0) is 42.8 Å². The van der Waals surface area contributed by atoms with Crippen LogP contribution in [0.1, 0.15) is 26.6 Å². The van der Waals surface area contributed by atoms with Gasteiger partial charge in [-0.1, -0.05) is 65.4 Å². The topological polar surface area (TPSA) is 57.0 Å². The Kier molecular flexibility index (Phi) is 5.70. The number of aromatic nitrogens is 3. The lowest BCUT2D eigenvalue weighted by molar-refractivity contribution is 0.103. The standard InChI is InChI=1S/C26H20ClN3O2S/c1-16-23(24(31)26-29-28-25(33-26)18-6-4-3-5-7-18)21-14-20(32-2)12-13-22(21)30(16)15-17-8-10-19(27)11-9-17/h3-14H,15H2,1-2H3. The molecule has 0 bridgehead atoms. The van der Waals surface area contributed by atoms with E-state index >= 15 is 0 Å². The maximum Gasteiger partial charge on any atom is 0.225 e. The van der Waals surface area contributed by atoms with Gasteiger partial charge < -0.3 is 9.30 Å². The van der Waals surface area contributed by atoms with Crippen LogP contribution < -0.4 is 4.74 Å². The molecule has 2 heterocycles. The number of methoxy groups -OCH3 is 1. The van der Waals surface area contributed by atoms with Crippen molar-refractivity contribution < 1.29 is 9.53 Å². The fraction of sp³-hybridized carbons (Fsp3) is 0.115. The molecule has 0 unspecified atom stereocenters. The normalized spacial score (nSPS) is 11.1. The lowest BCUT2D eigenvalue weighted by atomic mass is 10.1. The van der Waals surface area contributed by atoms with E-state index in [4.69, 9.17) is 16.3 Å². The first-order valence-corrected chi connectivity index (χ1v) is 11.6. The van der Waals surface area contributed by atoms with Crippen LogP contribution in [0.25, 0.3) is 21.5 Å². The first-order chi connectivity index (χ1) is 16.0. The highest BCUT2D eigenvalue weighted by Gasteiger charge is 2.25. The van der Waals surface area contributed by atoms with Crippen LogP contribution in [0, 0.1) is 6.92 Å². The average Bonchev–Trinajstić information content (AvgIpc) is 3.44. The Bertz CT molecular complexity index is 1460. The number of rotatable bonds is 6. The highest BCUT2D eigenvalue weighted by Crippen LogP contribution is 2.33. The average molecular weight is 474 g/mol. The lowest BCUT2D eigenvalue weighted by Crippen LogP contribution is -2.06. The molecule has 0 N–H and O–H groups in total. The van der Waals surface area contributed by atoms with Gasteiger partial charge in [0.15, 0.2) is 5.01 Å². The van der Waals surface area contributed by atoms with E-state index in [0.717, 1.165) is 32.7 Å². The van der Waals surface area contributed by atoms with Crippen LogP contribution >= 0.6 is 22.9 Å². The van der Waals surface area contributed by atoms with Gasteiger partial charge >= 0.3 is 0 Å². The maximum atomic E-state index is 13.7. The molecule has 3 aromatic carbocycles. The van der Waals surface area contributed by atoms with Crippen LogP contribution in [0.3, 0.4) is 0 Å². The van der Waals surface area contributed by atoms with Crippen molar-refractivity contribution in [1.29, 1.82) is 0 Å². The minimum atomic E-state index is -0.139. The van der Waals surface area contributed by atoms with Gasteiger partial charge in [-0.15, -0.1) is 10.2 Å². The minimum Gasteiger partial charge on any atom is -0.497 e. The van der Waals surface area contributed by atoms with Crippen molar-refractivity contribution in [3.8, 4) is 16.3 Å². The molecule has 33 heavy (non-hydrogen) atoms. The van der Waals surface area contributed by atoms with Crippen molar-refractivity contribution in [2.24, 2.45) is 0 Å². The summed E-state index contributed by atoms with van der Waals surface area (Å²) in [5.41, 5.74) is 4.48. The van der Waals surface area contributed by atoms with Gasteiger partial charge in [-0.2, -0.15) is 0 Å². The molecule has 0 amide bonds. The Labute approximate surface area is 200 Å². The number of carbonyl (C=O) groups is 1. The van der Waals surface area contributed by atoms with Crippen molar-refractivity contribution in [2.45, 2.75) is 13.5 Å². The Morgan fingerprint density at radius 3 is 2.52 bits per heavy atom. The highest BCUT2D eigenvalue weighted by molar-refractivity contribution is 7.16. The molecule has 0 radical (unpaired) electrons. The Balaban J connectivity index is 1.61. The van der Waals surface area contributed by atoms with E-state index in [1.807, 2.05) is 79.7 Å². The van der Waals surface area contributed by atoms with Gasteiger partial charge in [0.05, 0.1) is 12.7 Å². The van der Waals surface area contributed by atoms with Gasteiger partial charge in [0, 0.05) is 33.7 Å². The molecule has 7 heteroatoms. The van der Waals surface area contributed by atoms with Crippen molar-refractivity contribution in [3.05, 3.63) is 99.6 Å². The molecule has 164 valence electrons. The van der Waals surface area contributed by atoms with Crippen molar-refractivity contribution in [3.63, 3.8) is 0 Å². The van der Waals surface area contributed by atoms with E-state index < -0.39 is 0 Å². The first-order valence-electron chi connectivity index (χ1n) is 10.4. The third-order valence-corrected chi connectivity index (χ3v) is 6.87. The van der Waals surface area contributed by atoms with Crippen LogP contribution in [0.2, 0.25) is 5.02 Å². The molecule has 0 spiro atoms. The highest BCUT2D eigenvalue weighted by atomic mass is 35.5. The zero-order chi connectivity index (χ0) is 22.9. The molecule has 0 aliphatic rings. The summed E-state index contributed by atoms with van der Waals surface area (Å²) in [6.45, 7) is 2.58. The second kappa shape index (κ2) is 8.81. The van der Waals surface area contributed by atoms with Crippen LogP contribution in [-0.2, 0) is 6.54 Å². The molecule has 5 nitrogen and oxygen atoms in total. The number of carbonyl (C=O) groups excluding carboxylic acids is 1. The molecule has 5 rings (SSSR count). The molecular formula is C26H20ClN3O2S. The van der Waals surface area contributed by atoms with Gasteiger partial charge in [-0.3, -0.25) is 4.79 Å². The summed E-state index contributed by atoms with van der Waals surface area (Å²) in [6.07, 6.45) is 0. The Morgan fingerprint density at radius 2 is 1.79 bits per heavy atom. The Morgan fingerprint density at radius 1 is 1.03 bits per heavy atom. The van der Waals surface area contributed by atoms with E-state index in [1.165, 1.54) is 11.3 Å². The van der Waals surface area contributed by atoms with E-state index in [2.05, 4.69) is 14.8 Å². The lowest BCUT2D eigenvalue weighted by Gasteiger charge is -2.09. The number of nitrogens with zero attached hydrogens (tertiary/aromatic N) is 3. The Hall–Kier alpha value is -3.48. The summed E-state index contributed by atoms with van der Waals surface area (Å²) >= 11 is 7.36. The van der Waals surface area contributed by atoms with Gasteiger partial charge in [0.25, 0.3) is 0 Å². The maximum absolute atomic E-state index is 13.7. The number of fused-ring (bicyclic) bond motifs is 1. The molecule has 0 saturated heterocycles. The second-order valence-corrected chi connectivity index (χ2v) is 9.08. The van der Waals surface area contributed by atoms with E-state index in [1.54, 1.807) is 7.11 Å². The number of hydrogen-bond donors (Lipinski definition) is 0. The van der Waals surface area contributed by atoms with E-state index in [9.17, 15) is 4.79 Å². The van der Waals surface area contributed by atoms with Crippen LogP contribution in [0.15, 0.2) is 72.8 Å². The predicted octanol–water partition coefficient (Wildman–Crippen LogP) is 6.41. The number of halogens is 1. The summed E-state index contributed by atoms with van der Waals surface area (Å²) in [4.78, 5) is 13.7. The van der Waals surface area contributed by atoms with Crippen LogP contribution in [-0.4, -0.2) is 27.7 Å². The molecule has 0 atom stereocenters. The number of ether oxygens (including phenoxy) is 1. The second-order valence-electron chi connectivity index (χ2n) is 7.66. The van der Waals surface area contributed by atoms with Gasteiger partial charge in [0.2, 0.25) is 5.78 Å². The summed E-state index contributed by atoms with van der Waals surface area (Å²) in [5.74, 6) is 0.558. The van der Waals surface area contributed by atoms with Crippen molar-refractivity contribution in [2.75, 3.05) is 7.11 Å². The zero-order valence-corrected chi connectivity index (χ0v) is 19.7. The quantitative estimate of drug-likeness (QED) is 0.267. The number of hydrogen-bond acceptors (Lipinski definition) is 5. The first kappa shape index (κ1) is 21.4. The van der Waals surface area contributed by atoms with Crippen molar-refractivity contribution in [1.82, 2.24) is 14.8 Å². The van der Waals surface area contributed by atoms with E-state index in [-0.39, 0.29) is 5.78 Å². The predicted molar refractivity (Wildman–Crippen MR) is 133 cm³/mol. The smallest absolute Gasteiger partial charge is 0.225 e. The minimum absolute atomic E-state index is 0.139. The molecular weight excluding hydrogens is 454 g/mol. The summed E-state index contributed by atoms with van der Waals surface area (Å²) in [5, 5.41) is 11.1.